The molecule has 0 aliphatic rings. The van der Waals surface area contributed by atoms with Crippen molar-refractivity contribution >= 4 is 82.3 Å². The van der Waals surface area contributed by atoms with Crippen molar-refractivity contribution in [3.8, 4) is 0 Å². The molecule has 0 saturated heterocycles. The number of carboxylic acid groups (broad SMARTS) is 2. The van der Waals surface area contributed by atoms with Gasteiger partial charge in [0.25, 0.3) is 20.0 Å². The number of hydrogen-bond acceptors (Lipinski definition) is 7. The van der Waals surface area contributed by atoms with Crippen molar-refractivity contribution in [2.75, 3.05) is 20.1 Å². The third kappa shape index (κ3) is 7.18. The van der Waals surface area contributed by atoms with E-state index >= 15 is 0 Å². The number of anilines is 4. The van der Waals surface area contributed by atoms with Crippen LogP contribution in [0, 0.1) is 0 Å². The van der Waals surface area contributed by atoms with Crippen molar-refractivity contribution < 1.29 is 41.4 Å². The summed E-state index contributed by atoms with van der Waals surface area (Å²) in [7, 11) is -8.64. The van der Waals surface area contributed by atoms with Gasteiger partial charge in [0.05, 0.1) is 32.3 Å². The van der Waals surface area contributed by atoms with E-state index in [0.717, 1.165) is 12.1 Å². The number of urea groups is 1. The molecule has 15 heteroatoms. The van der Waals surface area contributed by atoms with Gasteiger partial charge in [0.2, 0.25) is 0 Å². The molecular weight excluding hydrogens is 685 g/mol. The van der Waals surface area contributed by atoms with Crippen LogP contribution in [0.3, 0.4) is 0 Å². The normalized spacial score (nSPS) is 11.5. The Bertz CT molecular complexity index is 2400. The van der Waals surface area contributed by atoms with Crippen LogP contribution in [0.25, 0.3) is 21.5 Å². The quantitative estimate of drug-likeness (QED) is 0.0900. The number of sulfonamides is 2. The lowest BCUT2D eigenvalue weighted by atomic mass is 10.1. The number of fused-ring (bicyclic) bond motifs is 2. The summed E-state index contributed by atoms with van der Waals surface area (Å²) in [6.45, 7) is 0. The maximum absolute atomic E-state index is 13.3. The van der Waals surface area contributed by atoms with Crippen molar-refractivity contribution in [3.63, 3.8) is 0 Å². The number of nitrogens with one attached hydrogen (secondary N) is 4. The van der Waals surface area contributed by atoms with Crippen molar-refractivity contribution in [1.82, 2.24) is 0 Å². The summed E-state index contributed by atoms with van der Waals surface area (Å²) in [5.41, 5.74) is -0.664. The highest BCUT2D eigenvalue weighted by Gasteiger charge is 2.22. The predicted octanol–water partition coefficient (Wildman–Crippen LogP) is 6.64. The largest absolute Gasteiger partial charge is 0.478 e. The lowest BCUT2D eigenvalue weighted by Crippen LogP contribution is -2.21. The van der Waals surface area contributed by atoms with E-state index in [1.165, 1.54) is 60.7 Å². The lowest BCUT2D eigenvalue weighted by molar-refractivity contribution is 0.0687. The van der Waals surface area contributed by atoms with E-state index in [2.05, 4.69) is 20.1 Å². The van der Waals surface area contributed by atoms with Crippen LogP contribution in [-0.4, -0.2) is 45.0 Å². The molecule has 0 radical (unpaired) electrons. The van der Waals surface area contributed by atoms with Crippen LogP contribution in [-0.2, 0) is 20.0 Å². The number of carboxylic acids is 2. The second kappa shape index (κ2) is 13.2. The average Bonchev–Trinajstić information content (AvgIpc) is 3.07. The molecule has 252 valence electrons. The highest BCUT2D eigenvalue weighted by molar-refractivity contribution is 7.93. The van der Waals surface area contributed by atoms with Crippen molar-refractivity contribution in [2.24, 2.45) is 0 Å². The van der Waals surface area contributed by atoms with Gasteiger partial charge in [0.1, 0.15) is 0 Å². The van der Waals surface area contributed by atoms with E-state index in [0.29, 0.717) is 21.5 Å². The van der Waals surface area contributed by atoms with Crippen molar-refractivity contribution in [1.29, 1.82) is 0 Å². The maximum atomic E-state index is 13.3. The zero-order chi connectivity index (χ0) is 35.6. The first-order valence-corrected chi connectivity index (χ1v) is 17.6. The Hall–Kier alpha value is -6.45. The Morgan fingerprint density at radius 2 is 0.820 bits per heavy atom. The van der Waals surface area contributed by atoms with E-state index < -0.39 is 38.0 Å². The average molecular weight is 711 g/mol. The molecule has 13 nitrogen and oxygen atoms in total. The van der Waals surface area contributed by atoms with Gasteiger partial charge in [-0.1, -0.05) is 60.7 Å². The first kappa shape index (κ1) is 33.5. The number of rotatable bonds is 10. The number of aromatic carboxylic acids is 2. The van der Waals surface area contributed by atoms with Crippen LogP contribution in [0.2, 0.25) is 0 Å². The second-order valence-electron chi connectivity index (χ2n) is 10.9. The molecule has 0 aliphatic carbocycles. The SMILES string of the molecule is O=C(Nc1cccc(S(=O)(=O)Nc2cc3ccccc3cc2C(=O)O)c1)Nc1cccc(S(=O)(=O)Nc2cc3ccccc3cc2C(=O)O)c1. The van der Waals surface area contributed by atoms with Crippen LogP contribution in [0.1, 0.15) is 20.7 Å². The lowest BCUT2D eigenvalue weighted by Gasteiger charge is -2.14. The maximum Gasteiger partial charge on any atom is 0.337 e. The molecule has 0 aromatic heterocycles. The molecule has 2 amide bonds. The van der Waals surface area contributed by atoms with Crippen molar-refractivity contribution in [3.05, 3.63) is 132 Å². The van der Waals surface area contributed by atoms with Gasteiger partial charge < -0.3 is 20.8 Å². The third-order valence-electron chi connectivity index (χ3n) is 7.53. The topological polar surface area (TPSA) is 208 Å². The predicted molar refractivity (Wildman–Crippen MR) is 189 cm³/mol. The van der Waals surface area contributed by atoms with Gasteiger partial charge in [-0.25, -0.2) is 31.2 Å². The highest BCUT2D eigenvalue weighted by atomic mass is 32.2. The Labute approximate surface area is 285 Å². The number of amides is 2. The summed E-state index contributed by atoms with van der Waals surface area (Å²) in [5, 5.41) is 26.8. The van der Waals surface area contributed by atoms with Gasteiger partial charge in [-0.05, 0) is 82.2 Å². The van der Waals surface area contributed by atoms with E-state index in [1.54, 1.807) is 48.5 Å². The minimum atomic E-state index is -4.32. The van der Waals surface area contributed by atoms with Gasteiger partial charge in [0, 0.05) is 11.4 Å². The number of carbonyl (C=O) groups is 3. The number of benzene rings is 6. The fourth-order valence-electron chi connectivity index (χ4n) is 5.19. The molecule has 50 heavy (non-hydrogen) atoms. The molecule has 0 unspecified atom stereocenters. The van der Waals surface area contributed by atoms with E-state index in [1.807, 2.05) is 0 Å². The smallest absolute Gasteiger partial charge is 0.337 e. The first-order valence-electron chi connectivity index (χ1n) is 14.6. The summed E-state index contributed by atoms with van der Waals surface area (Å²) < 4.78 is 57.8. The minimum absolute atomic E-state index is 0.0605. The van der Waals surface area contributed by atoms with E-state index in [-0.39, 0.29) is 43.7 Å². The summed E-state index contributed by atoms with van der Waals surface area (Å²) in [5.74, 6) is -2.65. The zero-order valence-corrected chi connectivity index (χ0v) is 27.2. The Kier molecular flexibility index (Phi) is 8.84. The van der Waals surface area contributed by atoms with Gasteiger partial charge >= 0.3 is 18.0 Å². The molecule has 0 atom stereocenters. The van der Waals surface area contributed by atoms with Crippen LogP contribution in [0.15, 0.2) is 131 Å². The fraction of sp³-hybridized carbons (Fsp3) is 0. The van der Waals surface area contributed by atoms with Gasteiger partial charge in [-0.2, -0.15) is 0 Å². The third-order valence-corrected chi connectivity index (χ3v) is 10.3. The second-order valence-corrected chi connectivity index (χ2v) is 14.3. The molecule has 6 N–H and O–H groups in total. The minimum Gasteiger partial charge on any atom is -0.478 e. The van der Waals surface area contributed by atoms with Crippen LogP contribution in [0.4, 0.5) is 27.5 Å². The summed E-state index contributed by atoms with van der Waals surface area (Å²) in [6, 6.07) is 28.9. The Balaban J connectivity index is 1.18. The summed E-state index contributed by atoms with van der Waals surface area (Å²) in [6.07, 6.45) is 0. The number of hydrogen-bond donors (Lipinski definition) is 6. The Morgan fingerprint density at radius 1 is 0.460 bits per heavy atom. The summed E-state index contributed by atoms with van der Waals surface area (Å²) >= 11 is 0. The van der Waals surface area contributed by atoms with Gasteiger partial charge in [0.15, 0.2) is 0 Å². The molecule has 0 heterocycles. The standard InChI is InChI=1S/C35H26N4O9S2/c40-33(41)29-15-21-7-1-3-9-23(21)17-31(29)38-49(45,46)27-13-5-11-25(19-27)36-35(44)37-26-12-6-14-28(20-26)50(47,48)39-32-18-24-10-4-2-8-22(24)16-30(32)34(42)43/h1-20,38-39H,(H,40,41)(H,42,43)(H2,36,37,44). The van der Waals surface area contributed by atoms with Crippen molar-refractivity contribution in [2.45, 2.75) is 9.79 Å². The van der Waals surface area contributed by atoms with Crippen LogP contribution < -0.4 is 20.1 Å². The Morgan fingerprint density at radius 3 is 1.18 bits per heavy atom. The molecule has 0 aliphatic heterocycles. The van der Waals surface area contributed by atoms with Crippen LogP contribution in [0.5, 0.6) is 0 Å². The molecule has 0 bridgehead atoms. The highest BCUT2D eigenvalue weighted by Crippen LogP contribution is 2.29. The first-order chi connectivity index (χ1) is 23.8. The molecule has 0 saturated carbocycles. The molecular formula is C35H26N4O9S2. The van der Waals surface area contributed by atoms with Gasteiger partial charge in [-0.15, -0.1) is 0 Å². The number of carbonyl (C=O) groups excluding carboxylic acids is 1. The monoisotopic (exact) mass is 710 g/mol. The molecule has 6 aromatic carbocycles. The van der Waals surface area contributed by atoms with Crippen LogP contribution >= 0.6 is 0 Å². The van der Waals surface area contributed by atoms with E-state index in [4.69, 9.17) is 0 Å². The summed E-state index contributed by atoms with van der Waals surface area (Å²) in [4.78, 5) is 36.2. The molecule has 6 aromatic rings. The van der Waals surface area contributed by atoms with E-state index in [9.17, 15) is 41.4 Å². The molecule has 6 rings (SSSR count). The van der Waals surface area contributed by atoms with Gasteiger partial charge in [-0.3, -0.25) is 9.44 Å². The molecule has 0 spiro atoms. The molecule has 0 fully saturated rings. The zero-order valence-electron chi connectivity index (χ0n) is 25.6. The fourth-order valence-corrected chi connectivity index (χ4v) is 7.42.